The summed E-state index contributed by atoms with van der Waals surface area (Å²) in [5.74, 6) is -1.55. The lowest BCUT2D eigenvalue weighted by atomic mass is 10.1. The Morgan fingerprint density at radius 2 is 2.07 bits per heavy atom. The molecule has 76 valence electrons. The number of carbonyl (C=O) groups is 1. The number of benzene rings is 1. The highest BCUT2D eigenvalue weighted by molar-refractivity contribution is 9.10. The number of fused-ring (bicyclic) bond motifs is 1. The van der Waals surface area contributed by atoms with Gasteiger partial charge in [-0.2, -0.15) is 0 Å². The van der Waals surface area contributed by atoms with Crippen LogP contribution in [0.2, 0.25) is 0 Å². The Labute approximate surface area is 92.7 Å². The van der Waals surface area contributed by atoms with E-state index in [0.717, 1.165) is 0 Å². The highest BCUT2D eigenvalue weighted by atomic mass is 79.9. The number of nitrogens with zero attached hydrogens (tertiary/aromatic N) is 1. The summed E-state index contributed by atoms with van der Waals surface area (Å²) in [5.41, 5.74) is -0.0757. The summed E-state index contributed by atoms with van der Waals surface area (Å²) >= 11 is 3.07. The van der Waals surface area contributed by atoms with Gasteiger partial charge < -0.3 is 5.11 Å². The first-order valence-electron chi connectivity index (χ1n) is 4.07. The van der Waals surface area contributed by atoms with E-state index in [9.17, 15) is 9.18 Å². The van der Waals surface area contributed by atoms with Crippen LogP contribution in [0.15, 0.2) is 28.9 Å². The molecule has 0 spiro atoms. The maximum atomic E-state index is 13.2. The Bertz CT molecular complexity index is 556. The molecule has 1 aromatic carbocycles. The van der Waals surface area contributed by atoms with E-state index >= 15 is 0 Å². The molecule has 0 fully saturated rings. The van der Waals surface area contributed by atoms with E-state index in [0.29, 0.717) is 10.8 Å². The molecule has 1 N–H and O–H groups in total. The number of rotatable bonds is 1. The standard InChI is InChI=1S/C10H5BrFNO2/c11-8-5-3-4-13-9(10(14)15)6(5)1-2-7(8)12/h1-4H,(H,14,15). The topological polar surface area (TPSA) is 50.2 Å². The maximum absolute atomic E-state index is 13.2. The van der Waals surface area contributed by atoms with Crippen LogP contribution in [0, 0.1) is 5.82 Å². The van der Waals surface area contributed by atoms with Crippen molar-refractivity contribution in [1.29, 1.82) is 0 Å². The summed E-state index contributed by atoms with van der Waals surface area (Å²) in [6.07, 6.45) is 1.34. The van der Waals surface area contributed by atoms with Gasteiger partial charge in [0.05, 0.1) is 4.47 Å². The van der Waals surface area contributed by atoms with Crippen molar-refractivity contribution in [1.82, 2.24) is 4.98 Å². The number of aromatic nitrogens is 1. The third-order valence-electron chi connectivity index (χ3n) is 2.04. The van der Waals surface area contributed by atoms with Crippen molar-refractivity contribution in [3.05, 3.63) is 40.4 Å². The van der Waals surface area contributed by atoms with Crippen LogP contribution in [0.5, 0.6) is 0 Å². The number of hydrogen-bond donors (Lipinski definition) is 1. The predicted octanol–water partition coefficient (Wildman–Crippen LogP) is 2.83. The van der Waals surface area contributed by atoms with Gasteiger partial charge in [-0.1, -0.05) is 0 Å². The fourth-order valence-corrected chi connectivity index (χ4v) is 1.84. The summed E-state index contributed by atoms with van der Waals surface area (Å²) < 4.78 is 13.4. The minimum Gasteiger partial charge on any atom is -0.476 e. The Morgan fingerprint density at radius 3 is 2.73 bits per heavy atom. The van der Waals surface area contributed by atoms with Crippen molar-refractivity contribution in [2.24, 2.45) is 0 Å². The van der Waals surface area contributed by atoms with Gasteiger partial charge in [-0.3, -0.25) is 0 Å². The molecule has 2 aromatic rings. The molecule has 1 heterocycles. The molecule has 3 nitrogen and oxygen atoms in total. The zero-order valence-electron chi connectivity index (χ0n) is 7.37. The third-order valence-corrected chi connectivity index (χ3v) is 2.84. The average Bonchev–Trinajstić information content (AvgIpc) is 2.23. The molecule has 2 rings (SSSR count). The van der Waals surface area contributed by atoms with E-state index in [4.69, 9.17) is 5.11 Å². The van der Waals surface area contributed by atoms with Crippen LogP contribution in [0.3, 0.4) is 0 Å². The summed E-state index contributed by atoms with van der Waals surface area (Å²) in [6.45, 7) is 0. The highest BCUT2D eigenvalue weighted by Gasteiger charge is 2.12. The van der Waals surface area contributed by atoms with Gasteiger partial charge in [0.15, 0.2) is 5.69 Å². The first kappa shape index (κ1) is 10.0. The fraction of sp³-hybridized carbons (Fsp3) is 0. The molecular weight excluding hydrogens is 265 g/mol. The van der Waals surface area contributed by atoms with Crippen LogP contribution in [0.1, 0.15) is 10.5 Å². The second kappa shape index (κ2) is 3.58. The second-order valence-electron chi connectivity index (χ2n) is 2.92. The largest absolute Gasteiger partial charge is 0.476 e. The molecule has 1 aromatic heterocycles. The molecule has 0 amide bonds. The van der Waals surface area contributed by atoms with Gasteiger partial charge in [-0.05, 0) is 34.1 Å². The van der Waals surface area contributed by atoms with Gasteiger partial charge in [0, 0.05) is 17.0 Å². The first-order chi connectivity index (χ1) is 7.11. The average molecular weight is 270 g/mol. The lowest BCUT2D eigenvalue weighted by Crippen LogP contribution is -2.01. The van der Waals surface area contributed by atoms with Crippen LogP contribution in [-0.2, 0) is 0 Å². The summed E-state index contributed by atoms with van der Waals surface area (Å²) in [5, 5.41) is 9.79. The van der Waals surface area contributed by atoms with Crippen molar-refractivity contribution in [2.45, 2.75) is 0 Å². The van der Waals surface area contributed by atoms with E-state index in [1.165, 1.54) is 18.3 Å². The van der Waals surface area contributed by atoms with E-state index in [2.05, 4.69) is 20.9 Å². The number of pyridine rings is 1. The lowest BCUT2D eigenvalue weighted by molar-refractivity contribution is 0.0693. The maximum Gasteiger partial charge on any atom is 0.355 e. The molecule has 0 aliphatic carbocycles. The van der Waals surface area contributed by atoms with Crippen LogP contribution >= 0.6 is 15.9 Å². The quantitative estimate of drug-likeness (QED) is 0.866. The van der Waals surface area contributed by atoms with Crippen LogP contribution in [-0.4, -0.2) is 16.1 Å². The van der Waals surface area contributed by atoms with Crippen molar-refractivity contribution in [3.63, 3.8) is 0 Å². The Kier molecular flexibility index (Phi) is 2.40. The summed E-state index contributed by atoms with van der Waals surface area (Å²) in [4.78, 5) is 14.6. The first-order valence-corrected chi connectivity index (χ1v) is 4.86. The van der Waals surface area contributed by atoms with Crippen molar-refractivity contribution >= 4 is 32.7 Å². The number of carboxylic acid groups (broad SMARTS) is 1. The molecular formula is C10H5BrFNO2. The zero-order chi connectivity index (χ0) is 11.0. The molecule has 0 atom stereocenters. The van der Waals surface area contributed by atoms with Gasteiger partial charge in [0.1, 0.15) is 5.82 Å². The van der Waals surface area contributed by atoms with Gasteiger partial charge in [0.25, 0.3) is 0 Å². The summed E-state index contributed by atoms with van der Waals surface area (Å²) in [6, 6.07) is 4.18. The predicted molar refractivity (Wildman–Crippen MR) is 56.4 cm³/mol. The zero-order valence-corrected chi connectivity index (χ0v) is 8.95. The number of carboxylic acids is 1. The molecule has 0 radical (unpaired) electrons. The lowest BCUT2D eigenvalue weighted by Gasteiger charge is -2.03. The van der Waals surface area contributed by atoms with Crippen LogP contribution in [0.25, 0.3) is 10.8 Å². The molecule has 0 bridgehead atoms. The molecule has 0 unspecified atom stereocenters. The van der Waals surface area contributed by atoms with E-state index in [-0.39, 0.29) is 10.2 Å². The third kappa shape index (κ3) is 1.59. The Morgan fingerprint density at radius 1 is 1.33 bits per heavy atom. The second-order valence-corrected chi connectivity index (χ2v) is 3.71. The van der Waals surface area contributed by atoms with Gasteiger partial charge in [0.2, 0.25) is 0 Å². The molecule has 0 saturated carbocycles. The van der Waals surface area contributed by atoms with Gasteiger partial charge in [-0.25, -0.2) is 14.2 Å². The van der Waals surface area contributed by atoms with Gasteiger partial charge in [-0.15, -0.1) is 0 Å². The molecule has 0 aliphatic rings. The van der Waals surface area contributed by atoms with Crippen molar-refractivity contribution < 1.29 is 14.3 Å². The van der Waals surface area contributed by atoms with E-state index < -0.39 is 11.8 Å². The van der Waals surface area contributed by atoms with Gasteiger partial charge >= 0.3 is 5.97 Å². The fourth-order valence-electron chi connectivity index (χ4n) is 1.36. The van der Waals surface area contributed by atoms with Crippen molar-refractivity contribution in [3.8, 4) is 0 Å². The molecule has 15 heavy (non-hydrogen) atoms. The van der Waals surface area contributed by atoms with E-state index in [1.807, 2.05) is 0 Å². The number of aromatic carboxylic acids is 1. The van der Waals surface area contributed by atoms with Crippen LogP contribution < -0.4 is 0 Å². The SMILES string of the molecule is O=C(O)c1nccc2c(Br)c(F)ccc12. The highest BCUT2D eigenvalue weighted by Crippen LogP contribution is 2.27. The number of hydrogen-bond acceptors (Lipinski definition) is 2. The van der Waals surface area contributed by atoms with E-state index in [1.54, 1.807) is 6.07 Å². The molecule has 0 aliphatic heterocycles. The Balaban J connectivity index is 2.89. The molecule has 5 heteroatoms. The normalized spacial score (nSPS) is 10.5. The summed E-state index contributed by atoms with van der Waals surface area (Å²) in [7, 11) is 0. The minimum absolute atomic E-state index is 0.0757. The smallest absolute Gasteiger partial charge is 0.355 e. The monoisotopic (exact) mass is 269 g/mol. The molecule has 0 saturated heterocycles. The number of halogens is 2. The van der Waals surface area contributed by atoms with Crippen molar-refractivity contribution in [2.75, 3.05) is 0 Å². The minimum atomic E-state index is -1.13. The van der Waals surface area contributed by atoms with Crippen LogP contribution in [0.4, 0.5) is 4.39 Å². The Hall–Kier alpha value is -1.49.